The fourth-order valence-electron chi connectivity index (χ4n) is 2.02. The molecule has 0 aliphatic rings. The summed E-state index contributed by atoms with van der Waals surface area (Å²) in [5.41, 5.74) is 1.67. The van der Waals surface area contributed by atoms with Gasteiger partial charge >= 0.3 is 0 Å². The van der Waals surface area contributed by atoms with Crippen LogP contribution in [0.5, 0.6) is 5.75 Å². The van der Waals surface area contributed by atoms with E-state index in [1.165, 1.54) is 12.1 Å². The lowest BCUT2D eigenvalue weighted by molar-refractivity contribution is 0.411. The van der Waals surface area contributed by atoms with Crippen molar-refractivity contribution in [3.05, 3.63) is 63.1 Å². The second-order valence-electron chi connectivity index (χ2n) is 4.37. The summed E-state index contributed by atoms with van der Waals surface area (Å²) in [5.74, 6) is -0.440. The molecule has 5 heteroatoms. The van der Waals surface area contributed by atoms with Crippen LogP contribution >= 0.6 is 31.9 Å². The van der Waals surface area contributed by atoms with Crippen molar-refractivity contribution in [2.75, 3.05) is 7.11 Å². The van der Waals surface area contributed by atoms with Crippen molar-refractivity contribution in [1.82, 2.24) is 0 Å². The van der Waals surface area contributed by atoms with Gasteiger partial charge in [0.05, 0.1) is 11.9 Å². The SMILES string of the molecule is COc1ccc(C(Br)c2c(F)cc(Br)cc2F)cc1C. The van der Waals surface area contributed by atoms with E-state index in [0.29, 0.717) is 4.47 Å². The predicted molar refractivity (Wildman–Crippen MR) is 82.6 cm³/mol. The van der Waals surface area contributed by atoms with Crippen molar-refractivity contribution < 1.29 is 13.5 Å². The minimum atomic E-state index is -0.591. The first-order valence-electron chi connectivity index (χ1n) is 5.87. The summed E-state index contributed by atoms with van der Waals surface area (Å²) in [7, 11) is 1.59. The van der Waals surface area contributed by atoms with Crippen LogP contribution in [-0.4, -0.2) is 7.11 Å². The maximum Gasteiger partial charge on any atom is 0.131 e. The molecule has 0 N–H and O–H groups in total. The van der Waals surface area contributed by atoms with Gasteiger partial charge in [0.2, 0.25) is 0 Å². The van der Waals surface area contributed by atoms with Crippen LogP contribution in [0.2, 0.25) is 0 Å². The maximum absolute atomic E-state index is 14.0. The number of rotatable bonds is 3. The van der Waals surface area contributed by atoms with Gasteiger partial charge in [0, 0.05) is 10.0 Å². The Hall–Kier alpha value is -0.940. The van der Waals surface area contributed by atoms with Crippen LogP contribution in [0.3, 0.4) is 0 Å². The van der Waals surface area contributed by atoms with Crippen molar-refractivity contribution in [1.29, 1.82) is 0 Å². The zero-order valence-corrected chi connectivity index (χ0v) is 14.1. The predicted octanol–water partition coefficient (Wildman–Crippen LogP) is 5.53. The lowest BCUT2D eigenvalue weighted by atomic mass is 10.0. The Balaban J connectivity index is 2.46. The van der Waals surface area contributed by atoms with Crippen molar-refractivity contribution in [3.63, 3.8) is 0 Å². The smallest absolute Gasteiger partial charge is 0.131 e. The molecule has 0 amide bonds. The number of benzene rings is 2. The summed E-state index contributed by atoms with van der Waals surface area (Å²) in [5, 5.41) is 0. The molecular weight excluding hydrogens is 394 g/mol. The van der Waals surface area contributed by atoms with Gasteiger partial charge in [0.25, 0.3) is 0 Å². The summed E-state index contributed by atoms with van der Waals surface area (Å²) in [4.78, 5) is -0.555. The van der Waals surface area contributed by atoms with Gasteiger partial charge in [0.15, 0.2) is 0 Å². The Morgan fingerprint density at radius 1 is 1.10 bits per heavy atom. The molecule has 0 fully saturated rings. The highest BCUT2D eigenvalue weighted by molar-refractivity contribution is 9.10. The third kappa shape index (κ3) is 3.04. The number of hydrogen-bond acceptors (Lipinski definition) is 1. The molecule has 0 heterocycles. The first-order chi connectivity index (χ1) is 9.43. The van der Waals surface area contributed by atoms with E-state index in [1.54, 1.807) is 19.2 Å². The van der Waals surface area contributed by atoms with Crippen molar-refractivity contribution in [2.45, 2.75) is 11.8 Å². The van der Waals surface area contributed by atoms with Gasteiger partial charge in [-0.3, -0.25) is 0 Å². The van der Waals surface area contributed by atoms with Crippen LogP contribution in [-0.2, 0) is 0 Å². The molecule has 0 bridgehead atoms. The van der Waals surface area contributed by atoms with E-state index < -0.39 is 16.5 Å². The maximum atomic E-state index is 14.0. The minimum Gasteiger partial charge on any atom is -0.496 e. The van der Waals surface area contributed by atoms with E-state index in [2.05, 4.69) is 31.9 Å². The summed E-state index contributed by atoms with van der Waals surface area (Å²) in [6.45, 7) is 1.89. The number of hydrogen-bond donors (Lipinski definition) is 0. The van der Waals surface area contributed by atoms with Gasteiger partial charge in [0.1, 0.15) is 17.4 Å². The Morgan fingerprint density at radius 3 is 2.20 bits per heavy atom. The van der Waals surface area contributed by atoms with Crippen LogP contribution in [0, 0.1) is 18.6 Å². The molecule has 0 saturated heterocycles. The van der Waals surface area contributed by atoms with Crippen LogP contribution in [0.1, 0.15) is 21.5 Å². The van der Waals surface area contributed by atoms with Gasteiger partial charge in [-0.05, 0) is 36.2 Å². The van der Waals surface area contributed by atoms with Gasteiger partial charge in [-0.1, -0.05) is 44.0 Å². The molecule has 0 saturated carbocycles. The van der Waals surface area contributed by atoms with Crippen LogP contribution in [0.15, 0.2) is 34.8 Å². The van der Waals surface area contributed by atoms with Crippen molar-refractivity contribution in [2.24, 2.45) is 0 Å². The molecule has 106 valence electrons. The lowest BCUT2D eigenvalue weighted by Crippen LogP contribution is -2.01. The quantitative estimate of drug-likeness (QED) is 0.610. The molecule has 2 aromatic rings. The van der Waals surface area contributed by atoms with E-state index in [4.69, 9.17) is 4.74 Å². The second kappa shape index (κ2) is 6.22. The molecule has 2 aromatic carbocycles. The molecule has 1 unspecified atom stereocenters. The van der Waals surface area contributed by atoms with E-state index in [-0.39, 0.29) is 5.56 Å². The van der Waals surface area contributed by atoms with Crippen molar-refractivity contribution >= 4 is 31.9 Å². The third-order valence-electron chi connectivity index (χ3n) is 3.01. The third-order valence-corrected chi connectivity index (χ3v) is 4.45. The highest BCUT2D eigenvalue weighted by atomic mass is 79.9. The Morgan fingerprint density at radius 2 is 1.70 bits per heavy atom. The fourth-order valence-corrected chi connectivity index (χ4v) is 3.15. The normalized spacial score (nSPS) is 12.3. The molecule has 0 spiro atoms. The second-order valence-corrected chi connectivity index (χ2v) is 6.21. The number of methoxy groups -OCH3 is 1. The minimum absolute atomic E-state index is 0.00207. The number of halogens is 4. The monoisotopic (exact) mass is 404 g/mol. The van der Waals surface area contributed by atoms with Gasteiger partial charge in [-0.15, -0.1) is 0 Å². The first kappa shape index (κ1) is 15.4. The van der Waals surface area contributed by atoms with E-state index in [9.17, 15) is 8.78 Å². The summed E-state index contributed by atoms with van der Waals surface area (Å²) < 4.78 is 33.5. The number of aryl methyl sites for hydroxylation is 1. The van der Waals surface area contributed by atoms with E-state index in [0.717, 1.165) is 16.9 Å². The average molecular weight is 406 g/mol. The van der Waals surface area contributed by atoms with Crippen LogP contribution < -0.4 is 4.74 Å². The van der Waals surface area contributed by atoms with E-state index in [1.807, 2.05) is 13.0 Å². The highest BCUT2D eigenvalue weighted by Crippen LogP contribution is 2.37. The van der Waals surface area contributed by atoms with Gasteiger partial charge in [-0.2, -0.15) is 0 Å². The summed E-state index contributed by atoms with van der Waals surface area (Å²) in [6, 6.07) is 7.92. The Labute approximate surface area is 133 Å². The molecule has 1 nitrogen and oxygen atoms in total. The number of ether oxygens (including phenoxy) is 1. The number of alkyl halides is 1. The lowest BCUT2D eigenvalue weighted by Gasteiger charge is -2.15. The zero-order valence-electron chi connectivity index (χ0n) is 10.9. The topological polar surface area (TPSA) is 9.23 Å². The fraction of sp³-hybridized carbons (Fsp3) is 0.200. The average Bonchev–Trinajstić information content (AvgIpc) is 2.37. The van der Waals surface area contributed by atoms with E-state index >= 15 is 0 Å². The standard InChI is InChI=1S/C15H12Br2F2O/c1-8-5-9(3-4-13(8)20-2)15(17)14-11(18)6-10(16)7-12(14)19/h3-7,15H,1-2H3. The molecule has 2 rings (SSSR count). The Kier molecular flexibility index (Phi) is 4.81. The van der Waals surface area contributed by atoms with Crippen molar-refractivity contribution in [3.8, 4) is 5.75 Å². The first-order valence-corrected chi connectivity index (χ1v) is 7.58. The molecule has 20 heavy (non-hydrogen) atoms. The highest BCUT2D eigenvalue weighted by Gasteiger charge is 2.20. The van der Waals surface area contributed by atoms with Gasteiger partial charge in [-0.25, -0.2) is 8.78 Å². The Bertz CT molecular complexity index is 621. The molecular formula is C15H12Br2F2O. The molecule has 0 aliphatic carbocycles. The van der Waals surface area contributed by atoms with Crippen LogP contribution in [0.4, 0.5) is 8.78 Å². The summed E-state index contributed by atoms with van der Waals surface area (Å²) in [6.07, 6.45) is 0. The molecule has 0 aliphatic heterocycles. The molecule has 0 radical (unpaired) electrons. The zero-order chi connectivity index (χ0) is 14.9. The van der Waals surface area contributed by atoms with Gasteiger partial charge < -0.3 is 4.74 Å². The molecule has 1 atom stereocenters. The van der Waals surface area contributed by atoms with Crippen LogP contribution in [0.25, 0.3) is 0 Å². The molecule has 0 aromatic heterocycles. The summed E-state index contributed by atoms with van der Waals surface area (Å²) >= 11 is 6.44. The largest absolute Gasteiger partial charge is 0.496 e.